The van der Waals surface area contributed by atoms with Gasteiger partial charge in [0, 0.05) is 0 Å². The van der Waals surface area contributed by atoms with Crippen LogP contribution in [0.25, 0.3) is 0 Å². The number of hydrogen-bond acceptors (Lipinski definition) is 7. The third kappa shape index (κ3) is 2.68. The maximum atomic E-state index is 10.5. The van der Waals surface area contributed by atoms with E-state index in [0.29, 0.717) is 13.8 Å². The Hall–Kier alpha value is -1.19. The molecule has 84 valence electrons. The summed E-state index contributed by atoms with van der Waals surface area (Å²) in [7, 11) is 0. The minimum Gasteiger partial charge on any atom is -0.480 e. The van der Waals surface area contributed by atoms with Crippen molar-refractivity contribution in [3.63, 3.8) is 0 Å². The highest BCUT2D eigenvalue weighted by molar-refractivity contribution is 8.00. The van der Waals surface area contributed by atoms with Crippen LogP contribution in [0.2, 0.25) is 4.34 Å². The number of aliphatic carboxylic acids is 1. The number of thiazole rings is 1. The maximum Gasteiger partial charge on any atom is 0.325 e. The normalized spacial score (nSPS) is 10.6. The van der Waals surface area contributed by atoms with Crippen LogP contribution < -0.4 is 0 Å². The summed E-state index contributed by atoms with van der Waals surface area (Å²) in [6.45, 7) is -0.283. The Bertz CT molecular complexity index is 512. The molecule has 0 aliphatic carbocycles. The van der Waals surface area contributed by atoms with Crippen LogP contribution in [0.5, 0.6) is 0 Å². The Labute approximate surface area is 102 Å². The van der Waals surface area contributed by atoms with Gasteiger partial charge in [0.25, 0.3) is 0 Å². The molecule has 0 saturated heterocycles. The van der Waals surface area contributed by atoms with Gasteiger partial charge in [-0.25, -0.2) is 9.67 Å². The number of carboxylic acid groups (broad SMARTS) is 1. The third-order valence-corrected chi connectivity index (χ3v) is 3.58. The molecule has 0 radical (unpaired) electrons. The first kappa shape index (κ1) is 11.3. The molecule has 2 heterocycles. The van der Waals surface area contributed by atoms with Crippen molar-refractivity contribution in [2.24, 2.45) is 0 Å². The predicted molar refractivity (Wildman–Crippen MR) is 56.7 cm³/mol. The van der Waals surface area contributed by atoms with Crippen molar-refractivity contribution < 1.29 is 9.90 Å². The number of rotatable bonds is 4. The molecule has 0 aliphatic rings. The highest BCUT2D eigenvalue weighted by atomic mass is 35.5. The zero-order valence-electron chi connectivity index (χ0n) is 7.57. The van der Waals surface area contributed by atoms with Crippen molar-refractivity contribution >= 4 is 40.7 Å². The topological polar surface area (TPSA) is 93.8 Å². The van der Waals surface area contributed by atoms with Crippen LogP contribution in [-0.2, 0) is 11.3 Å². The largest absolute Gasteiger partial charge is 0.480 e. The number of halogens is 1. The summed E-state index contributed by atoms with van der Waals surface area (Å²) in [5, 5.41) is 19.6. The van der Waals surface area contributed by atoms with Crippen molar-refractivity contribution in [1.82, 2.24) is 25.2 Å². The fourth-order valence-electron chi connectivity index (χ4n) is 0.862. The van der Waals surface area contributed by atoms with Crippen LogP contribution in [0, 0.1) is 0 Å². The van der Waals surface area contributed by atoms with Gasteiger partial charge in [-0.1, -0.05) is 22.9 Å². The Morgan fingerprint density at radius 2 is 2.50 bits per heavy atom. The minimum atomic E-state index is -1.01. The standard InChI is InChI=1S/C6H4ClN5O2S2/c7-3-1-8-6(15-3)16-5-9-10-11-12(5)2-4(13)14/h1H,2H2,(H,13,14). The molecule has 0 aromatic carbocycles. The van der Waals surface area contributed by atoms with E-state index in [1.807, 2.05) is 0 Å². The van der Waals surface area contributed by atoms with Crippen molar-refractivity contribution in [2.75, 3.05) is 0 Å². The minimum absolute atomic E-state index is 0.283. The average molecular weight is 278 g/mol. The molecule has 16 heavy (non-hydrogen) atoms. The highest BCUT2D eigenvalue weighted by Gasteiger charge is 2.12. The van der Waals surface area contributed by atoms with Gasteiger partial charge < -0.3 is 5.11 Å². The molecule has 0 unspecified atom stereocenters. The third-order valence-electron chi connectivity index (χ3n) is 1.42. The lowest BCUT2D eigenvalue weighted by molar-refractivity contribution is -0.138. The van der Waals surface area contributed by atoms with Crippen LogP contribution >= 0.6 is 34.7 Å². The van der Waals surface area contributed by atoms with Crippen molar-refractivity contribution in [1.29, 1.82) is 0 Å². The van der Waals surface area contributed by atoms with Gasteiger partial charge in [-0.15, -0.1) is 5.10 Å². The fourth-order valence-corrected chi connectivity index (χ4v) is 2.85. The number of nitrogens with zero attached hydrogens (tertiary/aromatic N) is 5. The molecule has 1 N–H and O–H groups in total. The lowest BCUT2D eigenvalue weighted by Gasteiger charge is -1.97. The second kappa shape index (κ2) is 4.76. The lowest BCUT2D eigenvalue weighted by atomic mass is 10.7. The number of carboxylic acids is 1. The van der Waals surface area contributed by atoms with Crippen LogP contribution in [0.3, 0.4) is 0 Å². The van der Waals surface area contributed by atoms with Gasteiger partial charge in [0.2, 0.25) is 5.16 Å². The van der Waals surface area contributed by atoms with E-state index < -0.39 is 5.97 Å². The van der Waals surface area contributed by atoms with E-state index in [1.54, 1.807) is 0 Å². The maximum absolute atomic E-state index is 10.5. The van der Waals surface area contributed by atoms with Gasteiger partial charge in [-0.3, -0.25) is 4.79 Å². The Morgan fingerprint density at radius 1 is 1.69 bits per heavy atom. The molecule has 0 atom stereocenters. The van der Waals surface area contributed by atoms with Gasteiger partial charge in [-0.05, 0) is 22.2 Å². The van der Waals surface area contributed by atoms with Crippen LogP contribution in [0.15, 0.2) is 15.7 Å². The molecule has 0 spiro atoms. The van der Waals surface area contributed by atoms with Gasteiger partial charge >= 0.3 is 5.97 Å². The van der Waals surface area contributed by atoms with E-state index in [-0.39, 0.29) is 6.54 Å². The van der Waals surface area contributed by atoms with E-state index in [4.69, 9.17) is 16.7 Å². The smallest absolute Gasteiger partial charge is 0.325 e. The van der Waals surface area contributed by atoms with Crippen LogP contribution in [0.4, 0.5) is 0 Å². The summed E-state index contributed by atoms with van der Waals surface area (Å²) in [6.07, 6.45) is 1.51. The number of hydrogen-bond donors (Lipinski definition) is 1. The first-order valence-electron chi connectivity index (χ1n) is 3.92. The van der Waals surface area contributed by atoms with E-state index in [2.05, 4.69) is 20.5 Å². The average Bonchev–Trinajstić information content (AvgIpc) is 2.77. The summed E-state index contributed by atoms with van der Waals surface area (Å²) >= 11 is 8.16. The molecule has 7 nitrogen and oxygen atoms in total. The van der Waals surface area contributed by atoms with Crippen LogP contribution in [-0.4, -0.2) is 36.3 Å². The monoisotopic (exact) mass is 277 g/mol. The summed E-state index contributed by atoms with van der Waals surface area (Å²) in [6, 6.07) is 0. The van der Waals surface area contributed by atoms with Crippen molar-refractivity contribution in [3.05, 3.63) is 10.5 Å². The molecule has 0 saturated carbocycles. The van der Waals surface area contributed by atoms with Crippen LogP contribution in [0.1, 0.15) is 0 Å². The molecule has 2 rings (SSSR count). The summed E-state index contributed by atoms with van der Waals surface area (Å²) in [4.78, 5) is 14.5. The van der Waals surface area contributed by atoms with E-state index in [1.165, 1.54) is 34.0 Å². The van der Waals surface area contributed by atoms with Gasteiger partial charge in [0.15, 0.2) is 4.34 Å². The quantitative estimate of drug-likeness (QED) is 0.891. The molecular formula is C6H4ClN5O2S2. The zero-order chi connectivity index (χ0) is 11.5. The molecular weight excluding hydrogens is 274 g/mol. The second-order valence-electron chi connectivity index (χ2n) is 2.55. The summed E-state index contributed by atoms with van der Waals surface area (Å²) in [5.74, 6) is -1.01. The number of carbonyl (C=O) groups is 1. The fraction of sp³-hybridized carbons (Fsp3) is 0.167. The number of aromatic nitrogens is 5. The van der Waals surface area contributed by atoms with Gasteiger partial charge in [0.05, 0.1) is 6.20 Å². The molecule has 2 aromatic rings. The highest BCUT2D eigenvalue weighted by Crippen LogP contribution is 2.31. The molecule has 2 aromatic heterocycles. The molecule has 0 fully saturated rings. The van der Waals surface area contributed by atoms with E-state index in [9.17, 15) is 4.79 Å². The van der Waals surface area contributed by atoms with E-state index in [0.717, 1.165) is 0 Å². The van der Waals surface area contributed by atoms with Gasteiger partial charge in [-0.2, -0.15) is 0 Å². The van der Waals surface area contributed by atoms with Crippen molar-refractivity contribution in [2.45, 2.75) is 16.0 Å². The summed E-state index contributed by atoms with van der Waals surface area (Å²) < 4.78 is 2.40. The number of tetrazole rings is 1. The zero-order valence-corrected chi connectivity index (χ0v) is 9.96. The molecule has 0 amide bonds. The Kier molecular flexibility index (Phi) is 3.36. The lowest BCUT2D eigenvalue weighted by Crippen LogP contribution is -2.11. The summed E-state index contributed by atoms with van der Waals surface area (Å²) in [5.41, 5.74) is 0. The molecule has 0 bridgehead atoms. The SMILES string of the molecule is O=C(O)Cn1nnnc1Sc1ncc(Cl)s1. The van der Waals surface area contributed by atoms with Gasteiger partial charge in [0.1, 0.15) is 10.9 Å². The Balaban J connectivity index is 2.15. The van der Waals surface area contributed by atoms with E-state index >= 15 is 0 Å². The Morgan fingerprint density at radius 3 is 3.12 bits per heavy atom. The first-order chi connectivity index (χ1) is 7.65. The predicted octanol–water partition coefficient (Wildman–Crippen LogP) is 1.02. The molecule has 0 aliphatic heterocycles. The molecule has 10 heteroatoms. The second-order valence-corrected chi connectivity index (χ2v) is 5.42. The van der Waals surface area contributed by atoms with Crippen molar-refractivity contribution in [3.8, 4) is 0 Å². The first-order valence-corrected chi connectivity index (χ1v) is 5.93.